The summed E-state index contributed by atoms with van der Waals surface area (Å²) in [4.78, 5) is 9.92. The summed E-state index contributed by atoms with van der Waals surface area (Å²) >= 11 is 0. The first-order chi connectivity index (χ1) is 9.79. The lowest BCUT2D eigenvalue weighted by molar-refractivity contribution is -0.384. The monoisotopic (exact) mass is 300 g/mol. The summed E-state index contributed by atoms with van der Waals surface area (Å²) in [5.74, 6) is -0.674. The van der Waals surface area contributed by atoms with E-state index in [0.717, 1.165) is 12.1 Å². The van der Waals surface area contributed by atoms with Crippen molar-refractivity contribution in [3.05, 3.63) is 64.0 Å². The number of anilines is 2. The van der Waals surface area contributed by atoms with Gasteiger partial charge in [-0.3, -0.25) is 10.1 Å². The number of nitrogens with zero attached hydrogens (tertiary/aromatic N) is 1. The van der Waals surface area contributed by atoms with Gasteiger partial charge in [-0.1, -0.05) is 12.1 Å². The second kappa shape index (κ2) is 5.39. The molecule has 1 N–H and O–H groups in total. The van der Waals surface area contributed by atoms with Crippen LogP contribution in [0.1, 0.15) is 5.56 Å². The molecule has 0 saturated heterocycles. The fourth-order valence-corrected chi connectivity index (χ4v) is 1.67. The van der Waals surface area contributed by atoms with Crippen LogP contribution in [-0.2, 0) is 6.18 Å². The molecule has 0 bridgehead atoms. The Morgan fingerprint density at radius 3 is 2.29 bits per heavy atom. The van der Waals surface area contributed by atoms with Crippen molar-refractivity contribution in [2.24, 2.45) is 0 Å². The van der Waals surface area contributed by atoms with Crippen molar-refractivity contribution in [2.45, 2.75) is 6.18 Å². The van der Waals surface area contributed by atoms with E-state index in [-0.39, 0.29) is 11.4 Å². The molecule has 0 unspecified atom stereocenters. The molecule has 2 aromatic rings. The van der Waals surface area contributed by atoms with E-state index < -0.39 is 28.2 Å². The third kappa shape index (κ3) is 3.28. The van der Waals surface area contributed by atoms with Crippen LogP contribution < -0.4 is 5.32 Å². The first-order valence-corrected chi connectivity index (χ1v) is 5.66. The summed E-state index contributed by atoms with van der Waals surface area (Å²) in [6, 6.07) is 7.34. The zero-order chi connectivity index (χ0) is 15.6. The minimum atomic E-state index is -4.69. The van der Waals surface area contributed by atoms with E-state index in [1.54, 1.807) is 0 Å². The van der Waals surface area contributed by atoms with Gasteiger partial charge in [0, 0.05) is 6.07 Å². The molecule has 0 amide bonds. The molecule has 0 heterocycles. The normalized spacial score (nSPS) is 11.2. The van der Waals surface area contributed by atoms with Gasteiger partial charge in [-0.15, -0.1) is 0 Å². The van der Waals surface area contributed by atoms with Crippen molar-refractivity contribution < 1.29 is 22.5 Å². The Kier molecular flexibility index (Phi) is 3.79. The van der Waals surface area contributed by atoms with E-state index in [0.29, 0.717) is 12.1 Å². The van der Waals surface area contributed by atoms with Gasteiger partial charge in [-0.05, 0) is 24.3 Å². The maximum atomic E-state index is 13.5. The number of rotatable bonds is 3. The largest absolute Gasteiger partial charge is 0.416 e. The fourth-order valence-electron chi connectivity index (χ4n) is 1.67. The van der Waals surface area contributed by atoms with Crippen molar-refractivity contribution in [3.8, 4) is 0 Å². The maximum Gasteiger partial charge on any atom is 0.416 e. The quantitative estimate of drug-likeness (QED) is 0.516. The molecule has 110 valence electrons. The number of nitro groups is 1. The Morgan fingerprint density at radius 1 is 1.05 bits per heavy atom. The van der Waals surface area contributed by atoms with Crippen LogP contribution in [0.25, 0.3) is 0 Å². The number of benzene rings is 2. The Labute approximate surface area is 116 Å². The molecule has 0 radical (unpaired) electrons. The van der Waals surface area contributed by atoms with Crippen molar-refractivity contribution >= 4 is 17.1 Å². The smallest absolute Gasteiger partial charge is 0.348 e. The number of halogens is 4. The van der Waals surface area contributed by atoms with Gasteiger partial charge in [0.15, 0.2) is 0 Å². The predicted molar refractivity (Wildman–Crippen MR) is 67.8 cm³/mol. The highest BCUT2D eigenvalue weighted by atomic mass is 19.4. The summed E-state index contributed by atoms with van der Waals surface area (Å²) in [5.41, 5.74) is -2.22. The van der Waals surface area contributed by atoms with Crippen LogP contribution in [0.2, 0.25) is 0 Å². The second-order valence-corrected chi connectivity index (χ2v) is 4.09. The van der Waals surface area contributed by atoms with Crippen molar-refractivity contribution in [3.63, 3.8) is 0 Å². The van der Waals surface area contributed by atoms with Gasteiger partial charge in [0.2, 0.25) is 0 Å². The van der Waals surface area contributed by atoms with Crippen molar-refractivity contribution in [2.75, 3.05) is 5.32 Å². The first-order valence-electron chi connectivity index (χ1n) is 5.66. The van der Waals surface area contributed by atoms with Crippen molar-refractivity contribution in [1.29, 1.82) is 0 Å². The topological polar surface area (TPSA) is 55.2 Å². The van der Waals surface area contributed by atoms with E-state index in [4.69, 9.17) is 0 Å². The highest BCUT2D eigenvalue weighted by Gasteiger charge is 2.33. The summed E-state index contributed by atoms with van der Waals surface area (Å²) in [7, 11) is 0. The Balaban J connectivity index is 2.45. The fraction of sp³-hybridized carbons (Fsp3) is 0.0769. The highest BCUT2D eigenvalue weighted by molar-refractivity contribution is 5.70. The molecular weight excluding hydrogens is 292 g/mol. The van der Waals surface area contributed by atoms with E-state index >= 15 is 0 Å². The van der Waals surface area contributed by atoms with Gasteiger partial charge in [-0.25, -0.2) is 4.39 Å². The SMILES string of the molecule is O=[N+]([O-])c1cc(C(F)(F)F)ccc1Nc1ccccc1F. The summed E-state index contributed by atoms with van der Waals surface area (Å²) in [6.07, 6.45) is -4.69. The van der Waals surface area contributed by atoms with E-state index in [1.165, 1.54) is 18.2 Å². The average Bonchev–Trinajstić information content (AvgIpc) is 2.40. The number of para-hydroxylation sites is 1. The standard InChI is InChI=1S/C13H8F4N2O2/c14-9-3-1-2-4-10(9)18-11-6-5-8(13(15,16)17)7-12(11)19(20)21/h1-7,18H. The molecule has 0 atom stereocenters. The van der Waals surface area contributed by atoms with Crippen LogP contribution in [0.3, 0.4) is 0 Å². The van der Waals surface area contributed by atoms with Crippen molar-refractivity contribution in [1.82, 2.24) is 0 Å². The molecule has 21 heavy (non-hydrogen) atoms. The Morgan fingerprint density at radius 2 is 1.71 bits per heavy atom. The summed E-state index contributed by atoms with van der Waals surface area (Å²) in [5, 5.41) is 13.3. The third-order valence-electron chi connectivity index (χ3n) is 2.66. The third-order valence-corrected chi connectivity index (χ3v) is 2.66. The number of hydrogen-bond donors (Lipinski definition) is 1. The zero-order valence-corrected chi connectivity index (χ0v) is 10.3. The van der Waals surface area contributed by atoms with E-state index in [2.05, 4.69) is 5.32 Å². The maximum absolute atomic E-state index is 13.5. The molecule has 0 aliphatic carbocycles. The first kappa shape index (κ1) is 14.8. The minimum absolute atomic E-state index is 0.0691. The van der Waals surface area contributed by atoms with Crippen LogP contribution >= 0.6 is 0 Å². The highest BCUT2D eigenvalue weighted by Crippen LogP contribution is 2.36. The Bertz CT molecular complexity index is 686. The van der Waals surface area contributed by atoms with Gasteiger partial charge in [0.25, 0.3) is 5.69 Å². The lowest BCUT2D eigenvalue weighted by Gasteiger charge is -2.11. The van der Waals surface area contributed by atoms with Crippen LogP contribution in [0.4, 0.5) is 34.6 Å². The molecule has 4 nitrogen and oxygen atoms in total. The second-order valence-electron chi connectivity index (χ2n) is 4.09. The number of nitro benzene ring substituents is 1. The summed E-state index contributed by atoms with van der Waals surface area (Å²) < 4.78 is 51.1. The molecule has 0 aromatic heterocycles. The molecule has 0 fully saturated rings. The van der Waals surface area contributed by atoms with Gasteiger partial charge >= 0.3 is 6.18 Å². The lowest BCUT2D eigenvalue weighted by Crippen LogP contribution is -2.07. The predicted octanol–water partition coefficient (Wildman–Crippen LogP) is 4.50. The molecular formula is C13H8F4N2O2. The molecule has 0 aliphatic heterocycles. The minimum Gasteiger partial charge on any atom is -0.348 e. The molecule has 2 rings (SSSR count). The lowest BCUT2D eigenvalue weighted by atomic mass is 10.1. The number of hydrogen-bond acceptors (Lipinski definition) is 3. The van der Waals surface area contributed by atoms with Gasteiger partial charge in [0.1, 0.15) is 11.5 Å². The average molecular weight is 300 g/mol. The van der Waals surface area contributed by atoms with E-state index in [9.17, 15) is 27.7 Å². The van der Waals surface area contributed by atoms with Gasteiger partial charge in [-0.2, -0.15) is 13.2 Å². The zero-order valence-electron chi connectivity index (χ0n) is 10.3. The Hall–Kier alpha value is -2.64. The van der Waals surface area contributed by atoms with Crippen LogP contribution in [0.15, 0.2) is 42.5 Å². The summed E-state index contributed by atoms with van der Waals surface area (Å²) in [6.45, 7) is 0. The van der Waals surface area contributed by atoms with E-state index in [1.807, 2.05) is 0 Å². The number of alkyl halides is 3. The van der Waals surface area contributed by atoms with Gasteiger partial charge in [0.05, 0.1) is 16.2 Å². The van der Waals surface area contributed by atoms with Gasteiger partial charge < -0.3 is 5.32 Å². The van der Waals surface area contributed by atoms with Crippen LogP contribution in [-0.4, -0.2) is 4.92 Å². The molecule has 0 aliphatic rings. The molecule has 2 aromatic carbocycles. The molecule has 0 spiro atoms. The number of nitrogens with one attached hydrogen (secondary N) is 1. The van der Waals surface area contributed by atoms with Crippen LogP contribution in [0.5, 0.6) is 0 Å². The molecule has 8 heteroatoms. The van der Waals surface area contributed by atoms with Crippen LogP contribution in [0, 0.1) is 15.9 Å². The molecule has 0 saturated carbocycles.